The Bertz CT molecular complexity index is 865. The van der Waals surface area contributed by atoms with Crippen molar-refractivity contribution in [2.24, 2.45) is 0 Å². The van der Waals surface area contributed by atoms with E-state index < -0.39 is 9.85 Å². The minimum absolute atomic E-state index is 0.00128. The van der Waals surface area contributed by atoms with E-state index in [0.717, 1.165) is 5.69 Å². The van der Waals surface area contributed by atoms with E-state index >= 15 is 0 Å². The smallest absolute Gasteiger partial charge is 0.279 e. The van der Waals surface area contributed by atoms with Crippen LogP contribution in [0.4, 0.5) is 17.1 Å². The Kier molecular flexibility index (Phi) is 5.08. The fraction of sp³-hybridized carbons (Fsp3) is 0.235. The van der Waals surface area contributed by atoms with Crippen LogP contribution in [0.15, 0.2) is 48.5 Å². The average Bonchev–Trinajstić information content (AvgIpc) is 2.67. The molecule has 0 atom stereocenters. The number of piperazine rings is 1. The molecule has 0 radical (unpaired) electrons. The van der Waals surface area contributed by atoms with Crippen LogP contribution < -0.4 is 4.90 Å². The van der Waals surface area contributed by atoms with Crippen LogP contribution in [0.1, 0.15) is 5.56 Å². The summed E-state index contributed by atoms with van der Waals surface area (Å²) in [5.74, 6) is 0. The predicted molar refractivity (Wildman–Crippen MR) is 102 cm³/mol. The highest BCUT2D eigenvalue weighted by Gasteiger charge is 2.25. The lowest BCUT2D eigenvalue weighted by Gasteiger charge is -2.37. The third-order valence-electron chi connectivity index (χ3n) is 4.30. The van der Waals surface area contributed by atoms with Crippen molar-refractivity contribution in [3.63, 3.8) is 0 Å². The van der Waals surface area contributed by atoms with Crippen LogP contribution in [0, 0.1) is 20.2 Å². The summed E-state index contributed by atoms with van der Waals surface area (Å²) in [5.41, 5.74) is 1.28. The molecule has 0 bridgehead atoms. The molecule has 134 valence electrons. The van der Waals surface area contributed by atoms with E-state index in [4.69, 9.17) is 12.2 Å². The van der Waals surface area contributed by atoms with Gasteiger partial charge in [0.05, 0.1) is 15.4 Å². The van der Waals surface area contributed by atoms with E-state index in [2.05, 4.69) is 0 Å². The van der Waals surface area contributed by atoms with Gasteiger partial charge < -0.3 is 9.80 Å². The van der Waals surface area contributed by atoms with Gasteiger partial charge in [-0.25, -0.2) is 0 Å². The highest BCUT2D eigenvalue weighted by Crippen LogP contribution is 2.24. The first kappa shape index (κ1) is 17.7. The topological polar surface area (TPSA) is 92.8 Å². The van der Waals surface area contributed by atoms with E-state index in [1.807, 2.05) is 15.9 Å². The maximum atomic E-state index is 11.2. The van der Waals surface area contributed by atoms with Crippen molar-refractivity contribution in [3.8, 4) is 0 Å². The summed E-state index contributed by atoms with van der Waals surface area (Å²) < 4.78 is 0. The molecule has 0 amide bonds. The molecule has 0 aliphatic carbocycles. The Morgan fingerprint density at radius 2 is 1.62 bits per heavy atom. The number of hydrogen-bond acceptors (Lipinski definition) is 6. The standard InChI is InChI=1S/C17H16N4O4S/c22-20(23)14-5-3-4-13(12-14)18-8-10-19(11-9-18)17(26)15-6-1-2-7-16(15)21(24)25/h1-7,12H,8-11H2. The first-order valence-corrected chi connectivity index (χ1v) is 8.40. The Hall–Kier alpha value is -3.07. The average molecular weight is 372 g/mol. The maximum Gasteiger partial charge on any atom is 0.279 e. The molecule has 9 heteroatoms. The van der Waals surface area contributed by atoms with E-state index in [-0.39, 0.29) is 11.4 Å². The van der Waals surface area contributed by atoms with Gasteiger partial charge in [0.2, 0.25) is 0 Å². The van der Waals surface area contributed by atoms with Crippen molar-refractivity contribution in [1.82, 2.24) is 4.90 Å². The first-order chi connectivity index (χ1) is 12.5. The third-order valence-corrected chi connectivity index (χ3v) is 4.78. The van der Waals surface area contributed by atoms with Gasteiger partial charge >= 0.3 is 0 Å². The lowest BCUT2D eigenvalue weighted by atomic mass is 10.1. The van der Waals surface area contributed by atoms with E-state index in [1.54, 1.807) is 30.3 Å². The fourth-order valence-electron chi connectivity index (χ4n) is 2.96. The van der Waals surface area contributed by atoms with E-state index in [9.17, 15) is 20.2 Å². The summed E-state index contributed by atoms with van der Waals surface area (Å²) in [4.78, 5) is 25.7. The van der Waals surface area contributed by atoms with Crippen molar-refractivity contribution >= 4 is 34.3 Å². The maximum absolute atomic E-state index is 11.2. The number of nitro groups is 2. The summed E-state index contributed by atoms with van der Waals surface area (Å²) in [6.45, 7) is 2.44. The largest absolute Gasteiger partial charge is 0.368 e. The highest BCUT2D eigenvalue weighted by atomic mass is 32.1. The van der Waals surface area contributed by atoms with Gasteiger partial charge in [-0.1, -0.05) is 30.4 Å². The number of thiocarbonyl (C=S) groups is 1. The summed E-state index contributed by atoms with van der Waals surface area (Å²) >= 11 is 5.47. The molecule has 0 spiro atoms. The lowest BCUT2D eigenvalue weighted by Crippen LogP contribution is -2.48. The Balaban J connectivity index is 1.71. The predicted octanol–water partition coefficient (Wildman–Crippen LogP) is 3.00. The zero-order chi connectivity index (χ0) is 18.7. The van der Waals surface area contributed by atoms with Crippen molar-refractivity contribution in [1.29, 1.82) is 0 Å². The lowest BCUT2D eigenvalue weighted by molar-refractivity contribution is -0.385. The molecule has 0 aromatic heterocycles. The summed E-state index contributed by atoms with van der Waals surface area (Å²) in [6, 6.07) is 13.0. The molecular weight excluding hydrogens is 356 g/mol. The fourth-order valence-corrected chi connectivity index (χ4v) is 3.31. The van der Waals surface area contributed by atoms with Crippen molar-refractivity contribution in [2.75, 3.05) is 31.1 Å². The van der Waals surface area contributed by atoms with Gasteiger partial charge in [0.25, 0.3) is 11.4 Å². The van der Waals surface area contributed by atoms with Crippen molar-refractivity contribution < 1.29 is 9.85 Å². The van der Waals surface area contributed by atoms with Crippen LogP contribution in [0.2, 0.25) is 0 Å². The molecule has 3 rings (SSSR count). The number of non-ortho nitro benzene ring substituents is 1. The molecule has 0 unspecified atom stereocenters. The molecular formula is C17H16N4O4S. The zero-order valence-corrected chi connectivity index (χ0v) is 14.6. The minimum Gasteiger partial charge on any atom is -0.368 e. The van der Waals surface area contributed by atoms with Gasteiger partial charge in [-0.15, -0.1) is 0 Å². The van der Waals surface area contributed by atoms with Gasteiger partial charge in [-0.3, -0.25) is 20.2 Å². The van der Waals surface area contributed by atoms with Gasteiger partial charge in [0.1, 0.15) is 4.99 Å². The number of nitro benzene ring substituents is 2. The minimum atomic E-state index is -0.430. The van der Waals surface area contributed by atoms with Gasteiger partial charge in [0.15, 0.2) is 0 Å². The van der Waals surface area contributed by atoms with Crippen LogP contribution in [-0.4, -0.2) is 45.9 Å². The Labute approximate surface area is 154 Å². The monoisotopic (exact) mass is 372 g/mol. The number of benzene rings is 2. The number of anilines is 1. The molecule has 2 aromatic carbocycles. The van der Waals surface area contributed by atoms with Gasteiger partial charge in [-0.05, 0) is 12.1 Å². The molecule has 1 heterocycles. The SMILES string of the molecule is O=[N+]([O-])c1cccc(N2CCN(C(=S)c3ccccc3[N+](=O)[O-])CC2)c1. The van der Waals surface area contributed by atoms with Crippen LogP contribution in [0.25, 0.3) is 0 Å². The molecule has 26 heavy (non-hydrogen) atoms. The second kappa shape index (κ2) is 7.44. The second-order valence-electron chi connectivity index (χ2n) is 5.83. The number of nitrogens with zero attached hydrogens (tertiary/aromatic N) is 4. The summed E-state index contributed by atoms with van der Waals surface area (Å²) in [5, 5.41) is 22.1. The first-order valence-electron chi connectivity index (χ1n) is 7.99. The van der Waals surface area contributed by atoms with Crippen LogP contribution >= 0.6 is 12.2 Å². The normalized spacial score (nSPS) is 14.2. The molecule has 1 aliphatic rings. The quantitative estimate of drug-likeness (QED) is 0.463. The second-order valence-corrected chi connectivity index (χ2v) is 6.22. The van der Waals surface area contributed by atoms with Gasteiger partial charge in [-0.2, -0.15) is 0 Å². The van der Waals surface area contributed by atoms with Crippen molar-refractivity contribution in [3.05, 3.63) is 74.3 Å². The zero-order valence-electron chi connectivity index (χ0n) is 13.8. The molecule has 0 N–H and O–H groups in total. The molecule has 1 saturated heterocycles. The number of hydrogen-bond donors (Lipinski definition) is 0. The van der Waals surface area contributed by atoms with E-state index in [1.165, 1.54) is 12.1 Å². The molecule has 1 fully saturated rings. The van der Waals surface area contributed by atoms with E-state index in [0.29, 0.717) is 36.7 Å². The highest BCUT2D eigenvalue weighted by molar-refractivity contribution is 7.80. The van der Waals surface area contributed by atoms with Crippen molar-refractivity contribution in [2.45, 2.75) is 0 Å². The molecule has 1 aliphatic heterocycles. The number of rotatable bonds is 4. The Morgan fingerprint density at radius 3 is 2.27 bits per heavy atom. The number of para-hydroxylation sites is 1. The summed E-state index contributed by atoms with van der Waals surface area (Å²) in [6.07, 6.45) is 0. The van der Waals surface area contributed by atoms with Gasteiger partial charge in [0, 0.05) is 50.1 Å². The summed E-state index contributed by atoms with van der Waals surface area (Å²) in [7, 11) is 0. The van der Waals surface area contributed by atoms with Crippen LogP contribution in [-0.2, 0) is 0 Å². The van der Waals surface area contributed by atoms with Crippen LogP contribution in [0.3, 0.4) is 0 Å². The van der Waals surface area contributed by atoms with Crippen LogP contribution in [0.5, 0.6) is 0 Å². The molecule has 2 aromatic rings. The molecule has 0 saturated carbocycles. The Morgan fingerprint density at radius 1 is 0.923 bits per heavy atom. The molecule has 8 nitrogen and oxygen atoms in total. The third kappa shape index (κ3) is 3.62.